The fourth-order valence-corrected chi connectivity index (χ4v) is 3.19. The van der Waals surface area contributed by atoms with Gasteiger partial charge in [0.05, 0.1) is 6.42 Å². The van der Waals surface area contributed by atoms with Crippen LogP contribution < -0.4 is 10.9 Å². The summed E-state index contributed by atoms with van der Waals surface area (Å²) in [5, 5.41) is 3.28. The van der Waals surface area contributed by atoms with E-state index in [1.54, 1.807) is 10.6 Å². The summed E-state index contributed by atoms with van der Waals surface area (Å²) in [4.78, 5) is 12.0. The molecular formula is C13H16ClF3N2O. The summed E-state index contributed by atoms with van der Waals surface area (Å²) in [6.45, 7) is 2.24. The van der Waals surface area contributed by atoms with Crippen LogP contribution in [-0.2, 0) is 13.0 Å². The molecule has 2 atom stereocenters. The van der Waals surface area contributed by atoms with E-state index < -0.39 is 12.6 Å². The molecule has 1 aromatic heterocycles. The van der Waals surface area contributed by atoms with Gasteiger partial charge in [-0.05, 0) is 30.5 Å². The van der Waals surface area contributed by atoms with Crippen molar-refractivity contribution in [2.45, 2.75) is 31.5 Å². The molecule has 7 heteroatoms. The van der Waals surface area contributed by atoms with Gasteiger partial charge in [-0.1, -0.05) is 0 Å². The Balaban J connectivity index is 0.00000147. The lowest BCUT2D eigenvalue weighted by Crippen LogP contribution is -2.45. The number of nitrogens with one attached hydrogen (secondary N) is 1. The zero-order valence-corrected chi connectivity index (χ0v) is 11.6. The minimum Gasteiger partial charge on any atom is -0.316 e. The van der Waals surface area contributed by atoms with E-state index >= 15 is 0 Å². The van der Waals surface area contributed by atoms with Gasteiger partial charge in [0.25, 0.3) is 5.56 Å². The lowest BCUT2D eigenvalue weighted by atomic mass is 9.83. The SMILES string of the molecule is Cl.O=c1cc(CC(F)(F)F)cc2n1CC1CNC[C@@H]2C1. The third kappa shape index (κ3) is 3.01. The van der Waals surface area contributed by atoms with Crippen molar-refractivity contribution in [2.75, 3.05) is 13.1 Å². The predicted molar refractivity (Wildman–Crippen MR) is 71.4 cm³/mol. The molecule has 1 aromatic rings. The maximum Gasteiger partial charge on any atom is 0.393 e. The first-order valence-electron chi connectivity index (χ1n) is 6.43. The minimum atomic E-state index is -4.27. The lowest BCUT2D eigenvalue weighted by Gasteiger charge is -2.37. The van der Waals surface area contributed by atoms with Gasteiger partial charge in [0, 0.05) is 30.8 Å². The van der Waals surface area contributed by atoms with Crippen LogP contribution in [0.5, 0.6) is 0 Å². The van der Waals surface area contributed by atoms with Crippen LogP contribution in [-0.4, -0.2) is 23.8 Å². The van der Waals surface area contributed by atoms with Crippen LogP contribution in [0.4, 0.5) is 13.2 Å². The topological polar surface area (TPSA) is 34.0 Å². The molecule has 2 bridgehead atoms. The Morgan fingerprint density at radius 2 is 2.05 bits per heavy atom. The third-order valence-electron chi connectivity index (χ3n) is 3.93. The van der Waals surface area contributed by atoms with Crippen LogP contribution in [0.1, 0.15) is 23.6 Å². The largest absolute Gasteiger partial charge is 0.393 e. The van der Waals surface area contributed by atoms with Crippen molar-refractivity contribution in [1.82, 2.24) is 9.88 Å². The molecule has 0 saturated carbocycles. The molecule has 3 heterocycles. The third-order valence-corrected chi connectivity index (χ3v) is 3.93. The number of nitrogens with zero attached hydrogens (tertiary/aromatic N) is 1. The van der Waals surface area contributed by atoms with E-state index in [1.807, 2.05) is 0 Å². The van der Waals surface area contributed by atoms with Crippen molar-refractivity contribution in [2.24, 2.45) is 5.92 Å². The molecule has 3 nitrogen and oxygen atoms in total. The van der Waals surface area contributed by atoms with Crippen molar-refractivity contribution >= 4 is 12.4 Å². The molecule has 0 aromatic carbocycles. The van der Waals surface area contributed by atoms with Crippen molar-refractivity contribution < 1.29 is 13.2 Å². The highest BCUT2D eigenvalue weighted by Gasteiger charge is 2.33. The molecule has 112 valence electrons. The number of piperidine rings is 1. The van der Waals surface area contributed by atoms with Gasteiger partial charge in [0.2, 0.25) is 0 Å². The van der Waals surface area contributed by atoms with Crippen LogP contribution in [0.3, 0.4) is 0 Å². The number of alkyl halides is 3. The van der Waals surface area contributed by atoms with Gasteiger partial charge in [0.1, 0.15) is 0 Å². The molecule has 1 N–H and O–H groups in total. The summed E-state index contributed by atoms with van der Waals surface area (Å²) in [7, 11) is 0. The van der Waals surface area contributed by atoms with Gasteiger partial charge >= 0.3 is 6.18 Å². The monoisotopic (exact) mass is 308 g/mol. The van der Waals surface area contributed by atoms with E-state index in [4.69, 9.17) is 0 Å². The normalized spacial score (nSPS) is 24.8. The molecule has 0 aliphatic carbocycles. The van der Waals surface area contributed by atoms with Crippen LogP contribution in [0.25, 0.3) is 0 Å². The van der Waals surface area contributed by atoms with E-state index in [9.17, 15) is 18.0 Å². The number of fused-ring (bicyclic) bond motifs is 4. The number of aromatic nitrogens is 1. The number of hydrogen-bond donors (Lipinski definition) is 1. The summed E-state index contributed by atoms with van der Waals surface area (Å²) in [6.07, 6.45) is -4.34. The Morgan fingerprint density at radius 3 is 2.75 bits per heavy atom. The maximum absolute atomic E-state index is 12.4. The number of rotatable bonds is 1. The summed E-state index contributed by atoms with van der Waals surface area (Å²) in [5.41, 5.74) is 0.538. The van der Waals surface area contributed by atoms with E-state index in [-0.39, 0.29) is 29.4 Å². The fourth-order valence-electron chi connectivity index (χ4n) is 3.19. The van der Waals surface area contributed by atoms with Crippen molar-refractivity contribution in [3.8, 4) is 0 Å². The predicted octanol–water partition coefficient (Wildman–Crippen LogP) is 2.08. The Kier molecular flexibility index (Phi) is 4.16. The number of hydrogen-bond acceptors (Lipinski definition) is 2. The molecule has 0 spiro atoms. The molecule has 20 heavy (non-hydrogen) atoms. The van der Waals surface area contributed by atoms with Gasteiger partial charge in [-0.15, -0.1) is 12.4 Å². The summed E-state index contributed by atoms with van der Waals surface area (Å²) in [5.74, 6) is 0.575. The molecule has 1 fully saturated rings. The molecule has 0 amide bonds. The molecular weight excluding hydrogens is 293 g/mol. The van der Waals surface area contributed by atoms with Crippen molar-refractivity contribution in [3.05, 3.63) is 33.7 Å². The molecule has 2 aliphatic heterocycles. The highest BCUT2D eigenvalue weighted by atomic mass is 35.5. The quantitative estimate of drug-likeness (QED) is 0.862. The van der Waals surface area contributed by atoms with Gasteiger partial charge in [0.15, 0.2) is 0 Å². The smallest absolute Gasteiger partial charge is 0.316 e. The van der Waals surface area contributed by atoms with Gasteiger partial charge in [-0.25, -0.2) is 0 Å². The number of pyridine rings is 1. The Labute approximate surface area is 120 Å². The van der Waals surface area contributed by atoms with Crippen LogP contribution in [0.15, 0.2) is 16.9 Å². The molecule has 1 unspecified atom stereocenters. The average molecular weight is 309 g/mol. The second-order valence-electron chi connectivity index (χ2n) is 5.49. The second-order valence-corrected chi connectivity index (χ2v) is 5.49. The average Bonchev–Trinajstić information content (AvgIpc) is 2.29. The van der Waals surface area contributed by atoms with Crippen LogP contribution in [0.2, 0.25) is 0 Å². The maximum atomic E-state index is 12.4. The minimum absolute atomic E-state index is 0. The van der Waals surface area contributed by atoms with Crippen molar-refractivity contribution in [1.29, 1.82) is 0 Å². The zero-order chi connectivity index (χ0) is 13.6. The van der Waals surface area contributed by atoms with E-state index in [0.717, 1.165) is 31.3 Å². The second kappa shape index (κ2) is 5.41. The summed E-state index contributed by atoms with van der Waals surface area (Å²) < 4.78 is 39.0. The summed E-state index contributed by atoms with van der Waals surface area (Å²) >= 11 is 0. The van der Waals surface area contributed by atoms with Gasteiger partial charge in [-0.3, -0.25) is 4.79 Å². The molecule has 3 rings (SSSR count). The van der Waals surface area contributed by atoms with E-state index in [2.05, 4.69) is 5.32 Å². The van der Waals surface area contributed by atoms with Crippen LogP contribution in [0, 0.1) is 5.92 Å². The van der Waals surface area contributed by atoms with Gasteiger partial charge in [-0.2, -0.15) is 13.2 Å². The fraction of sp³-hybridized carbons (Fsp3) is 0.615. The number of halogens is 4. The van der Waals surface area contributed by atoms with E-state index in [1.165, 1.54) is 0 Å². The first-order valence-corrected chi connectivity index (χ1v) is 6.43. The van der Waals surface area contributed by atoms with E-state index in [0.29, 0.717) is 12.5 Å². The molecule has 0 radical (unpaired) electrons. The zero-order valence-electron chi connectivity index (χ0n) is 10.7. The van der Waals surface area contributed by atoms with Crippen molar-refractivity contribution in [3.63, 3.8) is 0 Å². The van der Waals surface area contributed by atoms with Gasteiger partial charge < -0.3 is 9.88 Å². The summed E-state index contributed by atoms with van der Waals surface area (Å²) in [6, 6.07) is 2.69. The first-order chi connectivity index (χ1) is 8.92. The highest BCUT2D eigenvalue weighted by Crippen LogP contribution is 2.32. The van der Waals surface area contributed by atoms with Crippen LogP contribution >= 0.6 is 12.4 Å². The standard InChI is InChI=1S/C13H15F3N2O.ClH/c14-13(15,16)4-8-2-11-10-1-9(5-17-6-10)7-18(11)12(19)3-8;/h2-3,9-10,17H,1,4-7H2;1H/t9?,10-;/m0./s1. The Morgan fingerprint density at radius 1 is 1.30 bits per heavy atom. The first kappa shape index (κ1) is 15.4. The highest BCUT2D eigenvalue weighted by molar-refractivity contribution is 5.85. The molecule has 1 saturated heterocycles. The molecule has 2 aliphatic rings. The Bertz CT molecular complexity index is 556. The Hall–Kier alpha value is -1.01. The lowest BCUT2D eigenvalue weighted by molar-refractivity contribution is -0.127.